The summed E-state index contributed by atoms with van der Waals surface area (Å²) in [6.45, 7) is 0. The van der Waals surface area contributed by atoms with Crippen LogP contribution in [0.2, 0.25) is 5.02 Å². The molecule has 84 valence electrons. The molecule has 1 aromatic carbocycles. The van der Waals surface area contributed by atoms with Crippen LogP contribution in [0.3, 0.4) is 0 Å². The zero-order valence-electron chi connectivity index (χ0n) is 7.05. The number of halogens is 4. The Hall–Kier alpha value is -0.950. The molecule has 0 saturated heterocycles. The van der Waals surface area contributed by atoms with Crippen molar-refractivity contribution in [2.24, 2.45) is 0 Å². The molecule has 3 nitrogen and oxygen atoms in total. The molecule has 1 N–H and O–H groups in total. The van der Waals surface area contributed by atoms with Gasteiger partial charge in [0, 0.05) is 10.7 Å². The normalized spacial score (nSPS) is 12.5. The van der Waals surface area contributed by atoms with Gasteiger partial charge in [-0.15, -0.1) is 0 Å². The number of benzene rings is 1. The highest BCUT2D eigenvalue weighted by molar-refractivity contribution is 7.93. The second-order valence-electron chi connectivity index (χ2n) is 2.56. The van der Waals surface area contributed by atoms with E-state index < -0.39 is 15.5 Å². The highest BCUT2D eigenvalue weighted by Gasteiger charge is 2.45. The first-order valence-electron chi connectivity index (χ1n) is 3.57. The molecule has 0 fully saturated rings. The van der Waals surface area contributed by atoms with Gasteiger partial charge in [0.25, 0.3) is 0 Å². The minimum absolute atomic E-state index is 0.197. The number of rotatable bonds is 2. The monoisotopic (exact) mass is 259 g/mol. The maximum atomic E-state index is 11.9. The van der Waals surface area contributed by atoms with Crippen LogP contribution in [0, 0.1) is 0 Å². The minimum Gasteiger partial charge on any atom is -0.276 e. The number of alkyl halides is 3. The Morgan fingerprint density at radius 3 is 2.00 bits per heavy atom. The van der Waals surface area contributed by atoms with E-state index in [4.69, 9.17) is 11.6 Å². The van der Waals surface area contributed by atoms with Gasteiger partial charge in [0.05, 0.1) is 0 Å². The van der Waals surface area contributed by atoms with Crippen molar-refractivity contribution in [3.8, 4) is 0 Å². The summed E-state index contributed by atoms with van der Waals surface area (Å²) in [5.74, 6) is 0. The average Bonchev–Trinajstić information content (AvgIpc) is 2.06. The fraction of sp³-hybridized carbons (Fsp3) is 0.143. The summed E-state index contributed by atoms with van der Waals surface area (Å²) in [6.07, 6.45) is 0. The molecule has 0 aliphatic rings. The van der Waals surface area contributed by atoms with Gasteiger partial charge in [-0.2, -0.15) is 21.6 Å². The first kappa shape index (κ1) is 12.1. The molecule has 0 amide bonds. The van der Waals surface area contributed by atoms with Gasteiger partial charge in [0.2, 0.25) is 0 Å². The lowest BCUT2D eigenvalue weighted by atomic mass is 10.3. The van der Waals surface area contributed by atoms with E-state index in [1.54, 1.807) is 0 Å². The third-order valence-electron chi connectivity index (χ3n) is 1.40. The van der Waals surface area contributed by atoms with E-state index in [0.717, 1.165) is 12.1 Å². The molecule has 0 unspecified atom stereocenters. The predicted octanol–water partition coefficient (Wildman–Crippen LogP) is 2.60. The van der Waals surface area contributed by atoms with E-state index in [2.05, 4.69) is 0 Å². The van der Waals surface area contributed by atoms with E-state index in [1.807, 2.05) is 0 Å². The number of hydrogen-bond donors (Lipinski definition) is 1. The summed E-state index contributed by atoms with van der Waals surface area (Å²) in [4.78, 5) is 0. The van der Waals surface area contributed by atoms with E-state index in [-0.39, 0.29) is 5.69 Å². The lowest BCUT2D eigenvalue weighted by Crippen LogP contribution is -2.29. The summed E-state index contributed by atoms with van der Waals surface area (Å²) >= 11 is 5.47. The smallest absolute Gasteiger partial charge is 0.276 e. The largest absolute Gasteiger partial charge is 0.516 e. The van der Waals surface area contributed by atoms with Crippen molar-refractivity contribution in [3.63, 3.8) is 0 Å². The van der Waals surface area contributed by atoms with Gasteiger partial charge < -0.3 is 0 Å². The molecule has 1 rings (SSSR count). The highest BCUT2D eigenvalue weighted by atomic mass is 35.5. The van der Waals surface area contributed by atoms with Crippen molar-refractivity contribution in [2.45, 2.75) is 5.51 Å². The topological polar surface area (TPSA) is 46.2 Å². The molecule has 0 heterocycles. The van der Waals surface area contributed by atoms with Crippen molar-refractivity contribution in [1.29, 1.82) is 0 Å². The Kier molecular flexibility index (Phi) is 3.15. The molecule has 1 aromatic rings. The third-order valence-corrected chi connectivity index (χ3v) is 2.77. The Labute approximate surface area is 88.9 Å². The Morgan fingerprint density at radius 1 is 1.13 bits per heavy atom. The molecule has 0 aliphatic carbocycles. The maximum Gasteiger partial charge on any atom is 0.516 e. The van der Waals surface area contributed by atoms with Crippen molar-refractivity contribution >= 4 is 27.3 Å². The number of hydrogen-bond acceptors (Lipinski definition) is 2. The van der Waals surface area contributed by atoms with Crippen LogP contribution in [0.25, 0.3) is 0 Å². The molecule has 15 heavy (non-hydrogen) atoms. The molecule has 0 spiro atoms. The fourth-order valence-electron chi connectivity index (χ4n) is 0.731. The lowest BCUT2D eigenvalue weighted by molar-refractivity contribution is -0.0429. The first-order valence-corrected chi connectivity index (χ1v) is 5.43. The van der Waals surface area contributed by atoms with Gasteiger partial charge >= 0.3 is 15.5 Å². The zero-order valence-corrected chi connectivity index (χ0v) is 8.62. The molecular formula is C7H5ClF3NO2S. The summed E-state index contributed by atoms with van der Waals surface area (Å²) in [6, 6.07) is 4.81. The van der Waals surface area contributed by atoms with Gasteiger partial charge in [-0.3, -0.25) is 4.72 Å². The maximum absolute atomic E-state index is 11.9. The van der Waals surface area contributed by atoms with Crippen molar-refractivity contribution < 1.29 is 21.6 Å². The SMILES string of the molecule is O=S(=O)(Nc1ccc(Cl)cc1)C(F)(F)F. The van der Waals surface area contributed by atoms with Crippen LogP contribution >= 0.6 is 11.6 Å². The molecule has 0 aromatic heterocycles. The second-order valence-corrected chi connectivity index (χ2v) is 4.67. The van der Waals surface area contributed by atoms with Gasteiger partial charge in [-0.25, -0.2) is 0 Å². The van der Waals surface area contributed by atoms with E-state index in [1.165, 1.54) is 16.9 Å². The van der Waals surface area contributed by atoms with Crippen LogP contribution in [0.1, 0.15) is 0 Å². The van der Waals surface area contributed by atoms with E-state index >= 15 is 0 Å². The van der Waals surface area contributed by atoms with Crippen LogP contribution < -0.4 is 4.72 Å². The van der Waals surface area contributed by atoms with Gasteiger partial charge in [-0.1, -0.05) is 11.6 Å². The van der Waals surface area contributed by atoms with Crippen LogP contribution in [0.15, 0.2) is 24.3 Å². The predicted molar refractivity (Wildman–Crippen MR) is 50.0 cm³/mol. The number of sulfonamides is 1. The first-order chi connectivity index (χ1) is 6.72. The zero-order chi connectivity index (χ0) is 11.7. The fourth-order valence-corrected chi connectivity index (χ4v) is 1.42. The average molecular weight is 260 g/mol. The number of nitrogens with one attached hydrogen (secondary N) is 1. The molecule has 8 heteroatoms. The summed E-state index contributed by atoms with van der Waals surface area (Å²) in [7, 11) is -5.36. The highest BCUT2D eigenvalue weighted by Crippen LogP contribution is 2.25. The number of anilines is 1. The molecule has 0 saturated carbocycles. The van der Waals surface area contributed by atoms with Crippen molar-refractivity contribution in [2.75, 3.05) is 4.72 Å². The summed E-state index contributed by atoms with van der Waals surface area (Å²) in [5.41, 5.74) is -5.52. The van der Waals surface area contributed by atoms with Gasteiger partial charge in [0.15, 0.2) is 0 Å². The van der Waals surface area contributed by atoms with Crippen molar-refractivity contribution in [3.05, 3.63) is 29.3 Å². The molecule has 0 aliphatic heterocycles. The molecule has 0 atom stereocenters. The Bertz CT molecular complexity index is 440. The van der Waals surface area contributed by atoms with Gasteiger partial charge in [0.1, 0.15) is 0 Å². The molecule has 0 radical (unpaired) electrons. The summed E-state index contributed by atoms with van der Waals surface area (Å²) < 4.78 is 58.4. The van der Waals surface area contributed by atoms with Crippen LogP contribution in [0.5, 0.6) is 0 Å². The van der Waals surface area contributed by atoms with Gasteiger partial charge in [-0.05, 0) is 24.3 Å². The van der Waals surface area contributed by atoms with Crippen LogP contribution in [0.4, 0.5) is 18.9 Å². The van der Waals surface area contributed by atoms with Crippen LogP contribution in [-0.4, -0.2) is 13.9 Å². The quantitative estimate of drug-likeness (QED) is 0.887. The third kappa shape index (κ3) is 3.00. The molecule has 0 bridgehead atoms. The minimum atomic E-state index is -5.36. The molecular weight excluding hydrogens is 255 g/mol. The Balaban J connectivity index is 2.93. The second kappa shape index (κ2) is 3.90. The van der Waals surface area contributed by atoms with Crippen molar-refractivity contribution in [1.82, 2.24) is 0 Å². The summed E-state index contributed by atoms with van der Waals surface area (Å²) in [5, 5.41) is 0.296. The van der Waals surface area contributed by atoms with Crippen LogP contribution in [-0.2, 0) is 10.0 Å². The standard InChI is InChI=1S/C7H5ClF3NO2S/c8-5-1-3-6(4-2-5)12-15(13,14)7(9,10)11/h1-4,12H. The van der Waals surface area contributed by atoms with E-state index in [9.17, 15) is 21.6 Å². The lowest BCUT2D eigenvalue weighted by Gasteiger charge is -2.10. The van der Waals surface area contributed by atoms with E-state index in [0.29, 0.717) is 5.02 Å². The Morgan fingerprint density at radius 2 is 1.60 bits per heavy atom.